The number of rotatable bonds is 6. The maximum Gasteiger partial charge on any atom is 0.154 e. The maximum atomic E-state index is 10.5. The van der Waals surface area contributed by atoms with Crippen LogP contribution in [0.1, 0.15) is 60.5 Å². The van der Waals surface area contributed by atoms with Gasteiger partial charge in [0.15, 0.2) is 5.79 Å². The average molecular weight is 323 g/mol. The van der Waals surface area contributed by atoms with Crippen molar-refractivity contribution in [2.24, 2.45) is 17.3 Å². The summed E-state index contributed by atoms with van der Waals surface area (Å²) < 4.78 is 5.44. The van der Waals surface area contributed by atoms with Crippen LogP contribution in [-0.2, 0) is 9.84 Å². The fraction of sp³-hybridized carbons (Fsp3) is 0.684. The van der Waals surface area contributed by atoms with E-state index >= 15 is 0 Å². The first-order valence-electron chi connectivity index (χ1n) is 8.28. The van der Waals surface area contributed by atoms with E-state index in [9.17, 15) is 5.11 Å². The van der Waals surface area contributed by atoms with E-state index in [1.807, 2.05) is 0 Å². The van der Waals surface area contributed by atoms with Crippen molar-refractivity contribution in [3.63, 3.8) is 0 Å². The van der Waals surface area contributed by atoms with E-state index in [1.54, 1.807) is 6.92 Å². The number of benzene rings is 1. The molecule has 3 unspecified atom stereocenters. The van der Waals surface area contributed by atoms with Crippen molar-refractivity contribution in [3.05, 3.63) is 35.9 Å². The molecule has 0 radical (unpaired) electrons. The predicted octanol–water partition coefficient (Wildman–Crippen LogP) is 3.66. The Hall–Kier alpha value is -0.643. The molecule has 0 saturated carbocycles. The normalized spacial score (nSPS) is 20.9. The standard InChI is InChI=1S/C19H34O2Si/c1-14(19(7,20)21-22)13-18(6,15(2)17(3,4)5)16-11-9-8-10-12-16/h8-12,14-15,20H,13H2,1-7,22H3/t14?,15?,18-,19?/m0/s1. The van der Waals surface area contributed by atoms with Crippen molar-refractivity contribution in [1.29, 1.82) is 0 Å². The van der Waals surface area contributed by atoms with Crippen LogP contribution in [0.25, 0.3) is 0 Å². The van der Waals surface area contributed by atoms with Gasteiger partial charge in [0.05, 0.1) is 0 Å². The topological polar surface area (TPSA) is 29.5 Å². The van der Waals surface area contributed by atoms with Crippen LogP contribution in [0.2, 0.25) is 0 Å². The third-order valence-electron chi connectivity index (χ3n) is 5.75. The fourth-order valence-electron chi connectivity index (χ4n) is 3.35. The summed E-state index contributed by atoms with van der Waals surface area (Å²) in [6.45, 7) is 15.4. The lowest BCUT2D eigenvalue weighted by Crippen LogP contribution is -2.44. The van der Waals surface area contributed by atoms with Crippen LogP contribution in [0.3, 0.4) is 0 Å². The van der Waals surface area contributed by atoms with Crippen molar-refractivity contribution in [1.82, 2.24) is 0 Å². The fourth-order valence-corrected chi connectivity index (χ4v) is 3.75. The van der Waals surface area contributed by atoms with E-state index in [4.69, 9.17) is 4.43 Å². The van der Waals surface area contributed by atoms with Gasteiger partial charge in [-0.2, -0.15) is 0 Å². The third-order valence-corrected chi connectivity index (χ3v) is 6.57. The molecule has 0 fully saturated rings. The molecule has 0 amide bonds. The number of hydrogen-bond acceptors (Lipinski definition) is 2. The van der Waals surface area contributed by atoms with E-state index in [0.29, 0.717) is 16.4 Å². The first-order chi connectivity index (χ1) is 9.95. The van der Waals surface area contributed by atoms with Crippen LogP contribution in [0, 0.1) is 17.3 Å². The predicted molar refractivity (Wildman–Crippen MR) is 97.8 cm³/mol. The van der Waals surface area contributed by atoms with Gasteiger partial charge in [-0.25, -0.2) is 0 Å². The SMILES string of the molecule is CC(C[C@](C)(c1ccccc1)C(C)C(C)(C)C)C(C)(O)O[SiH3]. The summed E-state index contributed by atoms with van der Waals surface area (Å²) in [6, 6.07) is 10.7. The highest BCUT2D eigenvalue weighted by atomic mass is 28.2. The Kier molecular flexibility index (Phi) is 6.05. The lowest BCUT2D eigenvalue weighted by atomic mass is 9.59. The monoisotopic (exact) mass is 322 g/mol. The van der Waals surface area contributed by atoms with Gasteiger partial charge >= 0.3 is 0 Å². The van der Waals surface area contributed by atoms with Crippen molar-refractivity contribution >= 4 is 10.5 Å². The van der Waals surface area contributed by atoms with Crippen LogP contribution in [0.5, 0.6) is 0 Å². The van der Waals surface area contributed by atoms with Gasteiger partial charge in [-0.1, -0.05) is 71.9 Å². The lowest BCUT2D eigenvalue weighted by Gasteiger charge is -2.46. The molecule has 2 nitrogen and oxygen atoms in total. The van der Waals surface area contributed by atoms with Crippen LogP contribution in [-0.4, -0.2) is 21.4 Å². The summed E-state index contributed by atoms with van der Waals surface area (Å²) >= 11 is 0. The van der Waals surface area contributed by atoms with Gasteiger partial charge in [0.25, 0.3) is 0 Å². The average Bonchev–Trinajstić information content (AvgIpc) is 2.46. The Bertz CT molecular complexity index is 464. The molecular formula is C19H34O2Si. The van der Waals surface area contributed by atoms with Crippen LogP contribution >= 0.6 is 0 Å². The van der Waals surface area contributed by atoms with Gasteiger partial charge < -0.3 is 9.53 Å². The summed E-state index contributed by atoms with van der Waals surface area (Å²) in [6.07, 6.45) is 0.894. The number of hydrogen-bond donors (Lipinski definition) is 1. The highest BCUT2D eigenvalue weighted by molar-refractivity contribution is 5.98. The van der Waals surface area contributed by atoms with Crippen LogP contribution in [0.15, 0.2) is 30.3 Å². The zero-order valence-electron chi connectivity index (χ0n) is 15.6. The summed E-state index contributed by atoms with van der Waals surface area (Å²) in [5.74, 6) is -0.505. The molecule has 0 bridgehead atoms. The Balaban J connectivity index is 3.24. The van der Waals surface area contributed by atoms with Crippen molar-refractivity contribution < 1.29 is 9.53 Å². The van der Waals surface area contributed by atoms with Crippen LogP contribution < -0.4 is 0 Å². The second-order valence-electron chi connectivity index (χ2n) is 8.24. The third kappa shape index (κ3) is 4.21. The molecule has 3 heteroatoms. The Morgan fingerprint density at radius 3 is 1.95 bits per heavy atom. The smallest absolute Gasteiger partial charge is 0.154 e. The Morgan fingerprint density at radius 2 is 1.55 bits per heavy atom. The summed E-state index contributed by atoms with van der Waals surface area (Å²) in [4.78, 5) is 0. The zero-order chi connectivity index (χ0) is 17.2. The molecule has 0 aliphatic carbocycles. The molecule has 1 rings (SSSR count). The molecule has 0 aliphatic heterocycles. The molecule has 22 heavy (non-hydrogen) atoms. The zero-order valence-corrected chi connectivity index (χ0v) is 17.6. The van der Waals surface area contributed by atoms with Crippen molar-refractivity contribution in [3.8, 4) is 0 Å². The lowest BCUT2D eigenvalue weighted by molar-refractivity contribution is -0.163. The summed E-state index contributed by atoms with van der Waals surface area (Å²) in [5, 5.41) is 10.5. The highest BCUT2D eigenvalue weighted by Gasteiger charge is 2.43. The minimum absolute atomic E-state index is 0.0109. The molecule has 126 valence electrons. The molecule has 1 aromatic carbocycles. The first-order valence-corrected chi connectivity index (χ1v) is 9.10. The van der Waals surface area contributed by atoms with Crippen LogP contribution in [0.4, 0.5) is 0 Å². The minimum Gasteiger partial charge on any atom is -0.402 e. The summed E-state index contributed by atoms with van der Waals surface area (Å²) in [7, 11) is 0.544. The molecule has 4 atom stereocenters. The molecule has 0 saturated heterocycles. The molecular weight excluding hydrogens is 288 g/mol. The van der Waals surface area contributed by atoms with Gasteiger partial charge in [-0.15, -0.1) is 0 Å². The second kappa shape index (κ2) is 6.86. The van der Waals surface area contributed by atoms with Gasteiger partial charge in [0, 0.05) is 5.92 Å². The highest BCUT2D eigenvalue weighted by Crippen LogP contribution is 2.47. The van der Waals surface area contributed by atoms with Gasteiger partial charge in [0.1, 0.15) is 10.5 Å². The number of aliphatic hydroxyl groups is 1. The quantitative estimate of drug-likeness (QED) is 0.640. The second-order valence-corrected chi connectivity index (χ2v) is 8.64. The van der Waals surface area contributed by atoms with E-state index in [1.165, 1.54) is 5.56 Å². The Morgan fingerprint density at radius 1 is 1.05 bits per heavy atom. The first kappa shape index (κ1) is 19.4. The van der Waals surface area contributed by atoms with Gasteiger partial charge in [0.2, 0.25) is 0 Å². The molecule has 0 spiro atoms. The molecule has 1 N–H and O–H groups in total. The minimum atomic E-state index is -1.04. The van der Waals surface area contributed by atoms with Gasteiger partial charge in [-0.3, -0.25) is 0 Å². The van der Waals surface area contributed by atoms with E-state index in [0.717, 1.165) is 6.42 Å². The largest absolute Gasteiger partial charge is 0.402 e. The van der Waals surface area contributed by atoms with E-state index < -0.39 is 5.79 Å². The van der Waals surface area contributed by atoms with Crippen molar-refractivity contribution in [2.45, 2.75) is 66.1 Å². The Labute approximate surface area is 139 Å². The molecule has 0 aromatic heterocycles. The molecule has 0 aliphatic rings. The summed E-state index contributed by atoms with van der Waals surface area (Å²) in [5.41, 5.74) is 1.52. The van der Waals surface area contributed by atoms with E-state index in [2.05, 4.69) is 71.9 Å². The maximum absolute atomic E-state index is 10.5. The van der Waals surface area contributed by atoms with Crippen molar-refractivity contribution in [2.75, 3.05) is 0 Å². The molecule has 1 aromatic rings. The van der Waals surface area contributed by atoms with Gasteiger partial charge in [-0.05, 0) is 35.7 Å². The molecule has 0 heterocycles. The van der Waals surface area contributed by atoms with E-state index in [-0.39, 0.29) is 16.7 Å².